The number of tetrazole rings is 1. The van der Waals surface area contributed by atoms with Crippen LogP contribution < -0.4 is 9.80 Å². The van der Waals surface area contributed by atoms with Crippen LogP contribution in [0.2, 0.25) is 0 Å². The quantitative estimate of drug-likeness (QED) is 0.839. The zero-order valence-corrected chi connectivity index (χ0v) is 13.3. The molecule has 0 aliphatic carbocycles. The number of aromatic nitrogens is 4. The molecule has 0 spiro atoms. The number of rotatable bonds is 3. The predicted molar refractivity (Wildman–Crippen MR) is 83.4 cm³/mol. The molecule has 4 rings (SSSR count). The van der Waals surface area contributed by atoms with E-state index >= 15 is 0 Å². The summed E-state index contributed by atoms with van der Waals surface area (Å²) in [6.45, 7) is 1.46. The second-order valence-corrected chi connectivity index (χ2v) is 6.00. The molecule has 1 amide bonds. The van der Waals surface area contributed by atoms with Gasteiger partial charge >= 0.3 is 6.09 Å². The van der Waals surface area contributed by atoms with Crippen LogP contribution in [0.1, 0.15) is 18.9 Å². The number of nitrogens with zero attached hydrogens (tertiary/aromatic N) is 6. The van der Waals surface area contributed by atoms with Crippen molar-refractivity contribution in [3.8, 4) is 0 Å². The predicted octanol–water partition coefficient (Wildman–Crippen LogP) is 1.75. The van der Waals surface area contributed by atoms with Crippen LogP contribution in [0.4, 0.5) is 25.0 Å². The van der Waals surface area contributed by atoms with E-state index in [1.165, 1.54) is 28.2 Å². The van der Waals surface area contributed by atoms with Crippen LogP contribution >= 0.6 is 0 Å². The molecule has 1 aromatic carbocycles. The molecule has 3 heterocycles. The number of benzene rings is 1. The van der Waals surface area contributed by atoms with E-state index < -0.39 is 17.7 Å². The number of hydrogen-bond donors (Lipinski definition) is 0. The molecule has 132 valence electrons. The van der Waals surface area contributed by atoms with E-state index in [9.17, 15) is 13.6 Å². The van der Waals surface area contributed by atoms with E-state index in [4.69, 9.17) is 4.74 Å². The molecule has 2 aliphatic rings. The van der Waals surface area contributed by atoms with Gasteiger partial charge in [-0.05, 0) is 18.1 Å². The minimum absolute atomic E-state index is 0.0682. The maximum atomic E-state index is 14.5. The van der Waals surface area contributed by atoms with Crippen LogP contribution in [-0.2, 0) is 4.74 Å². The highest BCUT2D eigenvalue weighted by molar-refractivity contribution is 5.89. The first-order chi connectivity index (χ1) is 12.1. The van der Waals surface area contributed by atoms with Crippen LogP contribution in [0, 0.1) is 11.6 Å². The number of halogens is 2. The van der Waals surface area contributed by atoms with E-state index in [1.54, 1.807) is 4.90 Å². The van der Waals surface area contributed by atoms with Crippen LogP contribution in [-0.4, -0.2) is 52.5 Å². The van der Waals surface area contributed by atoms with Crippen molar-refractivity contribution in [2.75, 3.05) is 36.0 Å². The summed E-state index contributed by atoms with van der Waals surface area (Å²) >= 11 is 0. The SMILES string of the molecule is O=C1OCCN1c1cc(F)c(N2CCC(n3ncnn3)CC2)c(F)c1. The maximum Gasteiger partial charge on any atom is 0.414 e. The zero-order chi connectivity index (χ0) is 17.4. The van der Waals surface area contributed by atoms with E-state index in [0.717, 1.165) is 0 Å². The van der Waals surface area contributed by atoms with Crippen molar-refractivity contribution in [2.24, 2.45) is 0 Å². The molecule has 0 saturated carbocycles. The summed E-state index contributed by atoms with van der Waals surface area (Å²) in [6.07, 6.45) is 2.10. The van der Waals surface area contributed by atoms with Crippen molar-refractivity contribution in [2.45, 2.75) is 18.9 Å². The zero-order valence-electron chi connectivity index (χ0n) is 13.3. The van der Waals surface area contributed by atoms with Crippen LogP contribution in [0.15, 0.2) is 18.5 Å². The topological polar surface area (TPSA) is 76.4 Å². The van der Waals surface area contributed by atoms with Gasteiger partial charge in [-0.15, -0.1) is 10.2 Å². The molecule has 2 aromatic rings. The van der Waals surface area contributed by atoms with Crippen LogP contribution in [0.3, 0.4) is 0 Å². The van der Waals surface area contributed by atoms with Gasteiger partial charge in [0.2, 0.25) is 0 Å². The van der Waals surface area contributed by atoms with Crippen molar-refractivity contribution >= 4 is 17.5 Å². The molecular weight excluding hydrogens is 334 g/mol. The third-order valence-corrected chi connectivity index (χ3v) is 4.55. The van der Waals surface area contributed by atoms with Gasteiger partial charge < -0.3 is 9.64 Å². The highest BCUT2D eigenvalue weighted by atomic mass is 19.1. The van der Waals surface area contributed by atoms with Gasteiger partial charge in [-0.25, -0.2) is 13.6 Å². The summed E-state index contributed by atoms with van der Waals surface area (Å²) in [5.41, 5.74) is 0.101. The molecule has 0 bridgehead atoms. The fraction of sp³-hybridized carbons (Fsp3) is 0.467. The minimum atomic E-state index is -0.688. The Morgan fingerprint density at radius 2 is 1.84 bits per heavy atom. The van der Waals surface area contributed by atoms with E-state index in [0.29, 0.717) is 25.9 Å². The molecule has 2 fully saturated rings. The van der Waals surface area contributed by atoms with Gasteiger partial charge in [-0.2, -0.15) is 4.80 Å². The first-order valence-corrected chi connectivity index (χ1v) is 8.04. The van der Waals surface area contributed by atoms with Gasteiger partial charge in [0, 0.05) is 25.2 Å². The summed E-state index contributed by atoms with van der Waals surface area (Å²) in [7, 11) is 0. The first kappa shape index (κ1) is 15.7. The lowest BCUT2D eigenvalue weighted by molar-refractivity contribution is 0.181. The van der Waals surface area contributed by atoms with Crippen molar-refractivity contribution in [3.63, 3.8) is 0 Å². The second-order valence-electron chi connectivity index (χ2n) is 6.00. The molecule has 8 nitrogen and oxygen atoms in total. The Hall–Kier alpha value is -2.78. The molecule has 25 heavy (non-hydrogen) atoms. The fourth-order valence-corrected chi connectivity index (χ4v) is 3.30. The Bertz CT molecular complexity index is 753. The lowest BCUT2D eigenvalue weighted by atomic mass is 10.0. The number of hydrogen-bond acceptors (Lipinski definition) is 6. The van der Waals surface area contributed by atoms with Gasteiger partial charge in [-0.1, -0.05) is 0 Å². The molecule has 0 unspecified atom stereocenters. The molecule has 2 aliphatic heterocycles. The fourth-order valence-electron chi connectivity index (χ4n) is 3.30. The van der Waals surface area contributed by atoms with E-state index in [-0.39, 0.29) is 30.6 Å². The van der Waals surface area contributed by atoms with Gasteiger partial charge in [0.1, 0.15) is 12.3 Å². The van der Waals surface area contributed by atoms with E-state index in [2.05, 4.69) is 15.4 Å². The number of carbonyl (C=O) groups excluding carboxylic acids is 1. The monoisotopic (exact) mass is 350 g/mol. The van der Waals surface area contributed by atoms with Crippen molar-refractivity contribution in [3.05, 3.63) is 30.1 Å². The highest BCUT2D eigenvalue weighted by Gasteiger charge is 2.29. The van der Waals surface area contributed by atoms with E-state index in [1.807, 2.05) is 0 Å². The average molecular weight is 350 g/mol. The van der Waals surface area contributed by atoms with Gasteiger partial charge in [-0.3, -0.25) is 4.90 Å². The summed E-state index contributed by atoms with van der Waals surface area (Å²) in [5, 5.41) is 11.6. The third-order valence-electron chi connectivity index (χ3n) is 4.55. The molecule has 2 saturated heterocycles. The van der Waals surface area contributed by atoms with Crippen LogP contribution in [0.25, 0.3) is 0 Å². The van der Waals surface area contributed by atoms with Crippen molar-refractivity contribution in [1.29, 1.82) is 0 Å². The lowest BCUT2D eigenvalue weighted by Gasteiger charge is -2.33. The van der Waals surface area contributed by atoms with Gasteiger partial charge in [0.25, 0.3) is 0 Å². The minimum Gasteiger partial charge on any atom is -0.447 e. The number of ether oxygens (including phenoxy) is 1. The molecule has 1 aromatic heterocycles. The standard InChI is InChI=1S/C15H16F2N6O2/c16-12-7-11(22-5-6-25-15(22)24)8-13(17)14(12)21-3-1-10(2-4-21)23-19-9-18-20-23/h7-10H,1-6H2. The van der Waals surface area contributed by atoms with Crippen molar-refractivity contribution in [1.82, 2.24) is 20.2 Å². The molecule has 0 radical (unpaired) electrons. The lowest BCUT2D eigenvalue weighted by Crippen LogP contribution is -2.36. The average Bonchev–Trinajstić information content (AvgIpc) is 3.26. The summed E-state index contributed by atoms with van der Waals surface area (Å²) in [5.74, 6) is -1.38. The molecule has 0 atom stereocenters. The first-order valence-electron chi connectivity index (χ1n) is 8.04. The molecule has 10 heteroatoms. The highest BCUT2D eigenvalue weighted by Crippen LogP contribution is 2.33. The van der Waals surface area contributed by atoms with Gasteiger partial charge in [0.05, 0.1) is 18.3 Å². The Morgan fingerprint density at radius 3 is 2.40 bits per heavy atom. The number of carbonyl (C=O) groups is 1. The van der Waals surface area contributed by atoms with Crippen molar-refractivity contribution < 1.29 is 18.3 Å². The maximum absolute atomic E-state index is 14.5. The second kappa shape index (κ2) is 6.26. The Morgan fingerprint density at radius 1 is 1.12 bits per heavy atom. The summed E-state index contributed by atoms with van der Waals surface area (Å²) in [4.78, 5) is 16.0. The summed E-state index contributed by atoms with van der Waals surface area (Å²) < 4.78 is 33.9. The van der Waals surface area contributed by atoms with Crippen LogP contribution in [0.5, 0.6) is 0 Å². The Labute approximate surface area is 142 Å². The smallest absolute Gasteiger partial charge is 0.414 e. The normalized spacial score (nSPS) is 18.7. The Kier molecular flexibility index (Phi) is 3.94. The molecule has 0 N–H and O–H groups in total. The largest absolute Gasteiger partial charge is 0.447 e. The third kappa shape index (κ3) is 2.87. The Balaban J connectivity index is 1.52. The van der Waals surface area contributed by atoms with Gasteiger partial charge in [0.15, 0.2) is 18.0 Å². The molecular formula is C15H16F2N6O2. The number of piperidine rings is 1. The number of anilines is 2. The number of amides is 1. The summed E-state index contributed by atoms with van der Waals surface area (Å²) in [6, 6.07) is 2.43. The number of cyclic esters (lactones) is 1.